The number of fused-ring (bicyclic) bond motifs is 3. The van der Waals surface area contributed by atoms with E-state index in [0.717, 1.165) is 5.56 Å². The van der Waals surface area contributed by atoms with E-state index in [4.69, 9.17) is 14.2 Å². The predicted molar refractivity (Wildman–Crippen MR) is 135 cm³/mol. The lowest BCUT2D eigenvalue weighted by Crippen LogP contribution is -2.41. The Hall–Kier alpha value is -4.27. The minimum absolute atomic E-state index is 0.00202. The average molecular weight is 508 g/mol. The van der Waals surface area contributed by atoms with Gasteiger partial charge in [0.15, 0.2) is 28.8 Å². The first kappa shape index (κ1) is 25.8. The van der Waals surface area contributed by atoms with E-state index < -0.39 is 28.5 Å². The summed E-state index contributed by atoms with van der Waals surface area (Å²) in [5.41, 5.74) is -0.294. The van der Waals surface area contributed by atoms with E-state index in [-0.39, 0.29) is 39.5 Å². The molecule has 37 heavy (non-hydrogen) atoms. The molecule has 9 nitrogen and oxygen atoms in total. The lowest BCUT2D eigenvalue weighted by atomic mass is 9.70. The molecule has 2 aromatic rings. The van der Waals surface area contributed by atoms with Crippen LogP contribution in [0.15, 0.2) is 41.3 Å². The number of carbonyl (C=O) groups is 3. The molecule has 2 aromatic carbocycles. The van der Waals surface area contributed by atoms with Crippen molar-refractivity contribution in [1.82, 2.24) is 5.32 Å². The third-order valence-electron chi connectivity index (χ3n) is 7.01. The first-order chi connectivity index (χ1) is 17.5. The summed E-state index contributed by atoms with van der Waals surface area (Å²) < 4.78 is 16.4. The number of phenolic OH excluding ortho intramolecular Hbond substituents is 2. The second-order valence-electron chi connectivity index (χ2n) is 9.25. The Kier molecular flexibility index (Phi) is 6.50. The molecule has 1 heterocycles. The van der Waals surface area contributed by atoms with Crippen LogP contribution in [0.4, 0.5) is 0 Å². The van der Waals surface area contributed by atoms with E-state index in [1.165, 1.54) is 26.8 Å². The predicted octanol–water partition coefficient (Wildman–Crippen LogP) is 3.42. The number of allylic oxidation sites excluding steroid dienone is 4. The zero-order valence-electron chi connectivity index (χ0n) is 21.6. The standard InChI is InChI=1S/C28H29NO8/c1-13-24(32)22(15(3)30)26-23(25(13)33)28(4)20(37-26)12-17(31)21(27(28)34)14(2)29-10-9-16-7-8-18(35-5)19(11-16)36-6/h7-8,11-12,29,32-33H,9-10H2,1-6H3. The van der Waals surface area contributed by atoms with Crippen molar-refractivity contribution in [1.29, 1.82) is 0 Å². The summed E-state index contributed by atoms with van der Waals surface area (Å²) in [5.74, 6) is -1.29. The van der Waals surface area contributed by atoms with E-state index in [9.17, 15) is 24.6 Å². The highest BCUT2D eigenvalue weighted by molar-refractivity contribution is 6.31. The maximum atomic E-state index is 13.8. The van der Waals surface area contributed by atoms with Gasteiger partial charge in [0, 0.05) is 23.9 Å². The van der Waals surface area contributed by atoms with E-state index >= 15 is 0 Å². The van der Waals surface area contributed by atoms with Gasteiger partial charge in [0.2, 0.25) is 0 Å². The fraction of sp³-hybridized carbons (Fsp3) is 0.321. The van der Waals surface area contributed by atoms with Crippen LogP contribution >= 0.6 is 0 Å². The third-order valence-corrected chi connectivity index (χ3v) is 7.01. The molecule has 0 saturated heterocycles. The first-order valence-corrected chi connectivity index (χ1v) is 11.7. The number of hydrogen-bond acceptors (Lipinski definition) is 9. The van der Waals surface area contributed by atoms with E-state index in [1.54, 1.807) is 27.2 Å². The van der Waals surface area contributed by atoms with Gasteiger partial charge in [-0.15, -0.1) is 0 Å². The van der Waals surface area contributed by atoms with Gasteiger partial charge in [-0.1, -0.05) is 6.07 Å². The number of carbonyl (C=O) groups excluding carboxylic acids is 3. The molecule has 1 aliphatic carbocycles. The molecule has 2 aliphatic rings. The van der Waals surface area contributed by atoms with Crippen molar-refractivity contribution < 1.29 is 38.8 Å². The van der Waals surface area contributed by atoms with Gasteiger partial charge in [-0.2, -0.15) is 0 Å². The van der Waals surface area contributed by atoms with Crippen molar-refractivity contribution in [3.8, 4) is 28.7 Å². The quantitative estimate of drug-likeness (QED) is 0.293. The number of ether oxygens (including phenoxy) is 3. The third kappa shape index (κ3) is 3.91. The largest absolute Gasteiger partial charge is 0.507 e. The van der Waals surface area contributed by atoms with E-state index in [0.29, 0.717) is 30.2 Å². The highest BCUT2D eigenvalue weighted by Crippen LogP contribution is 2.57. The Morgan fingerprint density at radius 2 is 1.76 bits per heavy atom. The van der Waals surface area contributed by atoms with Crippen LogP contribution in [-0.4, -0.2) is 48.3 Å². The smallest absolute Gasteiger partial charge is 0.194 e. The highest BCUT2D eigenvalue weighted by Gasteiger charge is 2.56. The molecule has 0 bridgehead atoms. The number of Topliss-reactive ketones (excluding diaryl/α,β-unsaturated/α-hetero) is 2. The van der Waals surface area contributed by atoms with Gasteiger partial charge in [-0.25, -0.2) is 0 Å². The number of ketones is 3. The van der Waals surface area contributed by atoms with Gasteiger partial charge in [0.25, 0.3) is 0 Å². The van der Waals surface area contributed by atoms with Gasteiger partial charge in [0.1, 0.15) is 34.0 Å². The van der Waals surface area contributed by atoms with Crippen molar-refractivity contribution >= 4 is 17.3 Å². The number of nitrogens with one attached hydrogen (secondary N) is 1. The van der Waals surface area contributed by atoms with Crippen molar-refractivity contribution in [3.05, 3.63) is 63.6 Å². The summed E-state index contributed by atoms with van der Waals surface area (Å²) in [6, 6.07) is 5.56. The second kappa shape index (κ2) is 9.31. The Labute approximate surface area is 214 Å². The second-order valence-corrected chi connectivity index (χ2v) is 9.25. The van der Waals surface area contributed by atoms with Crippen molar-refractivity contribution in [3.63, 3.8) is 0 Å². The summed E-state index contributed by atoms with van der Waals surface area (Å²) >= 11 is 0. The Bertz CT molecular complexity index is 1420. The van der Waals surface area contributed by atoms with Crippen LogP contribution in [0.25, 0.3) is 0 Å². The number of aromatic hydroxyl groups is 2. The van der Waals surface area contributed by atoms with Crippen LogP contribution in [0.1, 0.15) is 47.8 Å². The molecular weight excluding hydrogens is 478 g/mol. The minimum atomic E-state index is -1.54. The zero-order valence-corrected chi connectivity index (χ0v) is 21.6. The lowest BCUT2D eigenvalue weighted by Gasteiger charge is -2.29. The van der Waals surface area contributed by atoms with Crippen LogP contribution in [0.3, 0.4) is 0 Å². The van der Waals surface area contributed by atoms with Crippen LogP contribution in [0.2, 0.25) is 0 Å². The number of benzene rings is 2. The zero-order chi connectivity index (χ0) is 27.2. The topological polar surface area (TPSA) is 131 Å². The van der Waals surface area contributed by atoms with Gasteiger partial charge in [0.05, 0.1) is 25.4 Å². The summed E-state index contributed by atoms with van der Waals surface area (Å²) in [5, 5.41) is 24.5. The van der Waals surface area contributed by atoms with Crippen molar-refractivity contribution in [2.75, 3.05) is 20.8 Å². The number of rotatable bonds is 7. The summed E-state index contributed by atoms with van der Waals surface area (Å²) in [6.45, 7) is 6.30. The Morgan fingerprint density at radius 3 is 2.38 bits per heavy atom. The van der Waals surface area contributed by atoms with Gasteiger partial charge in [-0.3, -0.25) is 14.4 Å². The maximum absolute atomic E-state index is 13.8. The van der Waals surface area contributed by atoms with Crippen LogP contribution in [-0.2, 0) is 21.4 Å². The normalized spacial score (nSPS) is 19.5. The fourth-order valence-electron chi connectivity index (χ4n) is 4.88. The molecule has 0 spiro atoms. The molecule has 0 aromatic heterocycles. The van der Waals surface area contributed by atoms with E-state index in [1.807, 2.05) is 12.1 Å². The van der Waals surface area contributed by atoms with E-state index in [2.05, 4.69) is 5.32 Å². The molecule has 194 valence electrons. The van der Waals surface area contributed by atoms with Crippen LogP contribution in [0.5, 0.6) is 28.7 Å². The molecule has 1 aliphatic heterocycles. The number of phenols is 2. The molecule has 0 radical (unpaired) electrons. The molecule has 0 saturated carbocycles. The summed E-state index contributed by atoms with van der Waals surface area (Å²) in [6.07, 6.45) is 1.78. The monoisotopic (exact) mass is 507 g/mol. The summed E-state index contributed by atoms with van der Waals surface area (Å²) in [7, 11) is 3.12. The number of methoxy groups -OCH3 is 2. The maximum Gasteiger partial charge on any atom is 0.194 e. The number of hydrogen-bond donors (Lipinski definition) is 3. The molecule has 0 amide bonds. The van der Waals surface area contributed by atoms with Crippen LogP contribution in [0, 0.1) is 6.92 Å². The molecule has 4 rings (SSSR count). The first-order valence-electron chi connectivity index (χ1n) is 11.7. The molecular formula is C28H29NO8. The lowest BCUT2D eigenvalue weighted by molar-refractivity contribution is -0.123. The highest BCUT2D eigenvalue weighted by atomic mass is 16.5. The van der Waals surface area contributed by atoms with Gasteiger partial charge >= 0.3 is 0 Å². The van der Waals surface area contributed by atoms with Crippen molar-refractivity contribution in [2.24, 2.45) is 0 Å². The molecule has 9 heteroatoms. The molecule has 1 unspecified atom stereocenters. The van der Waals surface area contributed by atoms with Gasteiger partial charge < -0.3 is 29.7 Å². The SMILES string of the molecule is COc1ccc(CCNC(C)=C2C(=O)C=C3Oc4c(C(C)=O)c(O)c(C)c(O)c4C3(C)C2=O)cc1OC. The fourth-order valence-corrected chi connectivity index (χ4v) is 4.88. The van der Waals surface area contributed by atoms with Crippen LogP contribution < -0.4 is 19.5 Å². The minimum Gasteiger partial charge on any atom is -0.507 e. The molecule has 3 N–H and O–H groups in total. The van der Waals surface area contributed by atoms with Crippen molar-refractivity contribution in [2.45, 2.75) is 39.5 Å². The average Bonchev–Trinajstić information content (AvgIpc) is 3.15. The Balaban J connectivity index is 1.68. The molecule has 0 fully saturated rings. The Morgan fingerprint density at radius 1 is 1.08 bits per heavy atom. The molecule has 1 atom stereocenters. The van der Waals surface area contributed by atoms with Gasteiger partial charge in [-0.05, 0) is 51.8 Å². The summed E-state index contributed by atoms with van der Waals surface area (Å²) in [4.78, 5) is 39.2.